The monoisotopic (exact) mass is 307 g/mol. The number of rotatable bonds is 0. The van der Waals surface area contributed by atoms with E-state index in [9.17, 15) is 0 Å². The molecule has 1 radical (unpaired) electrons. The van der Waals surface area contributed by atoms with Crippen LogP contribution in [0.5, 0.6) is 0 Å². The van der Waals surface area contributed by atoms with Crippen LogP contribution in [0.4, 0.5) is 0 Å². The van der Waals surface area contributed by atoms with E-state index in [1.807, 2.05) is 0 Å². The zero-order chi connectivity index (χ0) is 8.08. The average Bonchev–Trinajstić information content (AvgIpc) is 1.19. The van der Waals surface area contributed by atoms with Gasteiger partial charge in [-0.3, -0.25) is 9.11 Å². The number of hydrogen-bond donors (Lipinski definition) is 4. The first-order chi connectivity index (χ1) is 3.73. The van der Waals surface area contributed by atoms with Crippen LogP contribution >= 0.6 is 0 Å². The van der Waals surface area contributed by atoms with Gasteiger partial charge in [0, 0.05) is 17.1 Å². The molecule has 11 heteroatoms. The minimum Gasteiger partial charge on any atom is -1.00 e. The van der Waals surface area contributed by atoms with Crippen molar-refractivity contribution in [2.75, 3.05) is 0 Å². The first-order valence-electron chi connectivity index (χ1n) is 1.23. The summed E-state index contributed by atoms with van der Waals surface area (Å²) in [5.74, 6) is 0. The van der Waals surface area contributed by atoms with Crippen LogP contribution in [0.1, 0.15) is 1.43 Å². The average molecular weight is 306 g/mol. The van der Waals surface area contributed by atoms with Gasteiger partial charge in [0.1, 0.15) is 0 Å². The third kappa shape index (κ3) is 406. The summed E-state index contributed by atoms with van der Waals surface area (Å²) in [7, 11) is -4.67. The summed E-state index contributed by atoms with van der Waals surface area (Å²) in [6.45, 7) is 0. The van der Waals surface area contributed by atoms with Crippen molar-refractivity contribution < 1.29 is 77.8 Å². The van der Waals surface area contributed by atoms with Gasteiger partial charge < -0.3 is 1.43 Å². The predicted octanol–water partition coefficient (Wildman–Crippen LogP) is -5.15. The third-order valence-electron chi connectivity index (χ3n) is 0. The zero-order valence-electron chi connectivity index (χ0n) is 6.21. The molecule has 67 valence electrons. The van der Waals surface area contributed by atoms with Gasteiger partial charge in [0.05, 0.1) is 0 Å². The van der Waals surface area contributed by atoms with Crippen LogP contribution in [0.15, 0.2) is 0 Å². The van der Waals surface area contributed by atoms with E-state index in [1.54, 1.807) is 0 Å². The van der Waals surface area contributed by atoms with Crippen LogP contribution in [-0.4, -0.2) is 40.4 Å². The van der Waals surface area contributed by atoms with Crippen LogP contribution in [0.25, 0.3) is 0 Å². The summed E-state index contributed by atoms with van der Waals surface area (Å²) in [5.41, 5.74) is 0. The summed E-state index contributed by atoms with van der Waals surface area (Å²) < 4.78 is 54.7. The second-order valence-corrected chi connectivity index (χ2v) is 2.54. The molecule has 0 aliphatic rings. The van der Waals surface area contributed by atoms with E-state index in [2.05, 4.69) is 0 Å². The second-order valence-electron chi connectivity index (χ2n) is 0.679. The van der Waals surface area contributed by atoms with Crippen molar-refractivity contribution in [3.8, 4) is 0 Å². The van der Waals surface area contributed by atoms with Crippen LogP contribution in [0.2, 0.25) is 0 Å². The molecule has 0 atom stereocenters. The van der Waals surface area contributed by atoms with E-state index in [1.165, 1.54) is 0 Å². The van der Waals surface area contributed by atoms with E-state index < -0.39 is 24.9 Å². The molecule has 0 unspecified atom stereocenters. The SMILES string of the molecule is O=S(=O)(O)O.O=[Se](O)O.[H-].[Mn].[Na+]. The standard InChI is InChI=1S/Mn.Na.H2O4S.H2O3Se.H/c;;1-5(2,3)4;1-4(2)3;/h;;(H2,1,2,3,4);(H2,1,2,3);/q;+1;;;-1. The Bertz CT molecular complexity index is 166. The third-order valence-corrected chi connectivity index (χ3v) is 0. The van der Waals surface area contributed by atoms with Crippen LogP contribution in [0.3, 0.4) is 0 Å². The van der Waals surface area contributed by atoms with E-state index in [0.717, 1.165) is 0 Å². The topological polar surface area (TPSA) is 132 Å². The largest absolute Gasteiger partial charge is 1.00 e. The van der Waals surface area contributed by atoms with Crippen molar-refractivity contribution in [3.05, 3.63) is 0 Å². The summed E-state index contributed by atoms with van der Waals surface area (Å²) in [5, 5.41) is 0. The molecule has 7 nitrogen and oxygen atoms in total. The molecule has 0 aromatic heterocycles. The van der Waals surface area contributed by atoms with Crippen LogP contribution in [0, 0.1) is 0 Å². The van der Waals surface area contributed by atoms with E-state index >= 15 is 0 Å². The molecule has 0 aliphatic carbocycles. The van der Waals surface area contributed by atoms with Crippen LogP contribution < -0.4 is 29.6 Å². The van der Waals surface area contributed by atoms with E-state index in [0.29, 0.717) is 0 Å². The van der Waals surface area contributed by atoms with Gasteiger partial charge in [-0.25, -0.2) is 0 Å². The Hall–Kier alpha value is 1.63. The van der Waals surface area contributed by atoms with Crippen molar-refractivity contribution in [3.63, 3.8) is 0 Å². The van der Waals surface area contributed by atoms with Gasteiger partial charge in [0.15, 0.2) is 0 Å². The zero-order valence-corrected chi connectivity index (χ0v) is 10.9. The Morgan fingerprint density at radius 1 is 1.18 bits per heavy atom. The molecule has 0 rings (SSSR count). The smallest absolute Gasteiger partial charge is 1.00 e. The first kappa shape index (κ1) is 22.9. The Morgan fingerprint density at radius 3 is 1.18 bits per heavy atom. The van der Waals surface area contributed by atoms with Gasteiger partial charge in [0.25, 0.3) is 0 Å². The molecule has 0 heterocycles. The number of hydrogen-bond acceptors (Lipinski definition) is 3. The second kappa shape index (κ2) is 11.6. The Balaban J connectivity index is -0.0000000221. The Labute approximate surface area is 102 Å². The fraction of sp³-hybridized carbons (Fsp3) is 0. The van der Waals surface area contributed by atoms with Crippen LogP contribution in [-0.2, 0) is 31.3 Å². The van der Waals surface area contributed by atoms with Gasteiger partial charge in [0.2, 0.25) is 0 Å². The minimum atomic E-state index is -4.67. The van der Waals surface area contributed by atoms with E-state index in [4.69, 9.17) is 29.7 Å². The van der Waals surface area contributed by atoms with Gasteiger partial charge >= 0.3 is 66.7 Å². The normalized spacial score (nSPS) is 8.45. The van der Waals surface area contributed by atoms with Crippen molar-refractivity contribution in [2.45, 2.75) is 0 Å². The summed E-state index contributed by atoms with van der Waals surface area (Å²) in [6.07, 6.45) is 0. The van der Waals surface area contributed by atoms with Crippen molar-refractivity contribution in [1.29, 1.82) is 0 Å². The molecule has 11 heavy (non-hydrogen) atoms. The molecule has 0 spiro atoms. The minimum absolute atomic E-state index is 0. The maximum absolute atomic E-state index is 8.76. The van der Waals surface area contributed by atoms with E-state index in [-0.39, 0.29) is 48.1 Å². The summed E-state index contributed by atoms with van der Waals surface area (Å²) in [6, 6.07) is 0. The van der Waals surface area contributed by atoms with Crippen molar-refractivity contribution >= 4 is 24.9 Å². The van der Waals surface area contributed by atoms with Gasteiger partial charge in [-0.2, -0.15) is 8.42 Å². The molecule has 0 aromatic rings. The van der Waals surface area contributed by atoms with Gasteiger partial charge in [-0.1, -0.05) is 0 Å². The van der Waals surface area contributed by atoms with Gasteiger partial charge in [-0.15, -0.1) is 0 Å². The molecule has 0 aliphatic heterocycles. The molecular weight excluding hydrogens is 301 g/mol. The predicted molar refractivity (Wildman–Crippen MR) is 26.2 cm³/mol. The quantitative estimate of drug-likeness (QED) is 0.260. The van der Waals surface area contributed by atoms with Gasteiger partial charge in [-0.05, 0) is 0 Å². The molecule has 0 saturated heterocycles. The fourth-order valence-corrected chi connectivity index (χ4v) is 0. The molecule has 0 saturated carbocycles. The maximum Gasteiger partial charge on any atom is 1.00 e. The first-order valence-corrected chi connectivity index (χ1v) is 4.86. The molecule has 0 fully saturated rings. The fourth-order valence-electron chi connectivity index (χ4n) is 0. The molecular formula is H5MnNaO7SSe. The Kier molecular flexibility index (Phi) is 24.2. The summed E-state index contributed by atoms with van der Waals surface area (Å²) in [4.78, 5) is 0. The maximum atomic E-state index is 8.76. The summed E-state index contributed by atoms with van der Waals surface area (Å²) >= 11 is -3.29. The van der Waals surface area contributed by atoms with Crippen molar-refractivity contribution in [1.82, 2.24) is 0 Å². The molecule has 0 bridgehead atoms. The molecule has 4 N–H and O–H groups in total. The molecule has 0 amide bonds. The molecule has 0 aromatic carbocycles. The Morgan fingerprint density at radius 2 is 1.18 bits per heavy atom. The van der Waals surface area contributed by atoms with Crippen molar-refractivity contribution in [2.24, 2.45) is 0 Å².